The lowest BCUT2D eigenvalue weighted by Gasteiger charge is -1.72. The van der Waals surface area contributed by atoms with Crippen LogP contribution in [0.15, 0.2) is 18.7 Å². The van der Waals surface area contributed by atoms with Crippen molar-refractivity contribution in [2.24, 2.45) is 14.1 Å². The molecule has 0 saturated carbocycles. The third-order valence-corrected chi connectivity index (χ3v) is 0.901. The number of aromatic nitrogens is 2. The molecule has 58 valence electrons. The van der Waals surface area contributed by atoms with E-state index < -0.39 is 0 Å². The lowest BCUT2D eigenvalue weighted by atomic mass is 10.6. The second-order valence-electron chi connectivity index (χ2n) is 2.45. The first-order valence-electron chi connectivity index (χ1n) is 3.67. The van der Waals surface area contributed by atoms with Crippen molar-refractivity contribution in [1.29, 1.82) is 0 Å². The van der Waals surface area contributed by atoms with Crippen molar-refractivity contribution in [1.82, 2.24) is 4.57 Å². The smallest absolute Gasteiger partial charge is 0.240 e. The molecule has 0 aliphatic rings. The van der Waals surface area contributed by atoms with E-state index in [-0.39, 0.29) is 0 Å². The molecule has 1 rings (SSSR count). The van der Waals surface area contributed by atoms with Gasteiger partial charge in [0.15, 0.2) is 0 Å². The number of rotatable bonds is 0. The monoisotopic (exact) mass is 141 g/mol. The molecule has 2 heteroatoms. The van der Waals surface area contributed by atoms with Gasteiger partial charge >= 0.3 is 0 Å². The maximum absolute atomic E-state index is 2.12. The van der Waals surface area contributed by atoms with Crippen LogP contribution < -0.4 is 4.57 Å². The topological polar surface area (TPSA) is 8.81 Å². The molecule has 10 heavy (non-hydrogen) atoms. The first-order valence-corrected chi connectivity index (χ1v) is 3.67. The molecule has 0 fully saturated rings. The Balaban J connectivity index is 0.000000236. The quantitative estimate of drug-likeness (QED) is 0.481. The number of hydrogen-bond donors (Lipinski definition) is 0. The van der Waals surface area contributed by atoms with Gasteiger partial charge in [-0.05, 0) is 0 Å². The van der Waals surface area contributed by atoms with Crippen molar-refractivity contribution in [2.45, 2.75) is 20.3 Å². The second-order valence-corrected chi connectivity index (χ2v) is 2.45. The zero-order valence-corrected chi connectivity index (χ0v) is 7.33. The van der Waals surface area contributed by atoms with Gasteiger partial charge in [-0.2, -0.15) is 0 Å². The Morgan fingerprint density at radius 2 is 1.90 bits per heavy atom. The van der Waals surface area contributed by atoms with Crippen LogP contribution in [0.1, 0.15) is 20.3 Å². The Hall–Kier alpha value is -0.790. The minimum atomic E-state index is 1.25. The molecule has 0 atom stereocenters. The number of aryl methyl sites for hydroxylation is 2. The average molecular weight is 141 g/mol. The van der Waals surface area contributed by atoms with Crippen molar-refractivity contribution >= 4 is 0 Å². The van der Waals surface area contributed by atoms with E-state index in [4.69, 9.17) is 0 Å². The van der Waals surface area contributed by atoms with Crippen LogP contribution in [0, 0.1) is 0 Å². The van der Waals surface area contributed by atoms with Gasteiger partial charge < -0.3 is 0 Å². The van der Waals surface area contributed by atoms with E-state index in [2.05, 4.69) is 13.8 Å². The summed E-state index contributed by atoms with van der Waals surface area (Å²) in [6.45, 7) is 4.25. The Labute approximate surface area is 63.1 Å². The van der Waals surface area contributed by atoms with Gasteiger partial charge in [0.2, 0.25) is 6.33 Å². The van der Waals surface area contributed by atoms with Gasteiger partial charge in [0, 0.05) is 0 Å². The van der Waals surface area contributed by atoms with Crippen LogP contribution in [0.3, 0.4) is 0 Å². The molecule has 0 saturated heterocycles. The van der Waals surface area contributed by atoms with Crippen LogP contribution in [0.25, 0.3) is 0 Å². The summed E-state index contributed by atoms with van der Waals surface area (Å²) in [5.41, 5.74) is 0. The lowest BCUT2D eigenvalue weighted by molar-refractivity contribution is -0.670. The molecule has 0 spiro atoms. The third-order valence-electron chi connectivity index (χ3n) is 0.901. The molecule has 1 aromatic rings. The van der Waals surface area contributed by atoms with E-state index in [1.54, 1.807) is 0 Å². The lowest BCUT2D eigenvalue weighted by Crippen LogP contribution is -2.23. The highest BCUT2D eigenvalue weighted by Gasteiger charge is 1.87. The van der Waals surface area contributed by atoms with Crippen molar-refractivity contribution in [2.75, 3.05) is 0 Å². The molecule has 1 aromatic heterocycles. The van der Waals surface area contributed by atoms with E-state index in [0.29, 0.717) is 0 Å². The van der Waals surface area contributed by atoms with Gasteiger partial charge in [0.05, 0.1) is 14.1 Å². The number of imidazole rings is 1. The standard InChI is InChI=1S/C5H9N2.C3H8/c1-6-3-4-7(2)5-6;1-3-2/h3-5H,1-2H3;3H2,1-2H3/q+1;. The molecular formula is C8H17N2+. The summed E-state index contributed by atoms with van der Waals surface area (Å²) in [5.74, 6) is 0. The third kappa shape index (κ3) is 4.13. The molecule has 0 radical (unpaired) electrons. The highest BCUT2D eigenvalue weighted by molar-refractivity contribution is 4.60. The van der Waals surface area contributed by atoms with E-state index in [1.165, 1.54) is 6.42 Å². The fraction of sp³-hybridized carbons (Fsp3) is 0.625. The van der Waals surface area contributed by atoms with Gasteiger partial charge in [-0.1, -0.05) is 20.3 Å². The van der Waals surface area contributed by atoms with E-state index in [1.807, 2.05) is 42.0 Å². The number of hydrogen-bond acceptors (Lipinski definition) is 0. The predicted molar refractivity (Wildman–Crippen MR) is 42.6 cm³/mol. The van der Waals surface area contributed by atoms with Gasteiger partial charge in [0.25, 0.3) is 0 Å². The zero-order valence-electron chi connectivity index (χ0n) is 7.33. The highest BCUT2D eigenvalue weighted by atomic mass is 15.1. The summed E-state index contributed by atoms with van der Waals surface area (Å²) < 4.78 is 4.00. The van der Waals surface area contributed by atoms with Crippen molar-refractivity contribution < 1.29 is 4.57 Å². The summed E-state index contributed by atoms with van der Waals surface area (Å²) in [7, 11) is 4.00. The first kappa shape index (κ1) is 9.21. The minimum absolute atomic E-state index is 1.25. The molecular weight excluding hydrogens is 124 g/mol. The van der Waals surface area contributed by atoms with Gasteiger partial charge in [-0.25, -0.2) is 9.13 Å². The van der Waals surface area contributed by atoms with Crippen molar-refractivity contribution in [3.8, 4) is 0 Å². The predicted octanol–water partition coefficient (Wildman–Crippen LogP) is 1.27. The Morgan fingerprint density at radius 3 is 2.00 bits per heavy atom. The van der Waals surface area contributed by atoms with Crippen LogP contribution in [-0.4, -0.2) is 4.57 Å². The second kappa shape index (κ2) is 5.03. The van der Waals surface area contributed by atoms with Crippen LogP contribution in [0.4, 0.5) is 0 Å². The Morgan fingerprint density at radius 1 is 1.40 bits per heavy atom. The van der Waals surface area contributed by atoms with E-state index in [9.17, 15) is 0 Å². The summed E-state index contributed by atoms with van der Waals surface area (Å²) in [5, 5.41) is 0. The molecule has 1 heterocycles. The minimum Gasteiger partial charge on any atom is -0.240 e. The number of nitrogens with zero attached hydrogens (tertiary/aromatic N) is 2. The summed E-state index contributed by atoms with van der Waals surface area (Å²) >= 11 is 0. The van der Waals surface area contributed by atoms with E-state index in [0.717, 1.165) is 0 Å². The molecule has 0 unspecified atom stereocenters. The highest BCUT2D eigenvalue weighted by Crippen LogP contribution is 1.70. The van der Waals surface area contributed by atoms with Gasteiger partial charge in [-0.15, -0.1) is 0 Å². The molecule has 2 nitrogen and oxygen atoms in total. The van der Waals surface area contributed by atoms with Gasteiger partial charge in [-0.3, -0.25) is 0 Å². The van der Waals surface area contributed by atoms with Crippen LogP contribution in [-0.2, 0) is 14.1 Å². The normalized spacial score (nSPS) is 8.40. The zero-order chi connectivity index (χ0) is 7.98. The fourth-order valence-corrected chi connectivity index (χ4v) is 0.575. The molecule has 0 aliphatic carbocycles. The van der Waals surface area contributed by atoms with E-state index >= 15 is 0 Å². The Kier molecular flexibility index (Phi) is 4.63. The maximum Gasteiger partial charge on any atom is 0.243 e. The van der Waals surface area contributed by atoms with Gasteiger partial charge in [0.1, 0.15) is 12.4 Å². The van der Waals surface area contributed by atoms with Crippen LogP contribution in [0.5, 0.6) is 0 Å². The molecule has 0 aliphatic heterocycles. The van der Waals surface area contributed by atoms with Crippen LogP contribution in [0.2, 0.25) is 0 Å². The molecule has 0 bridgehead atoms. The summed E-state index contributed by atoms with van der Waals surface area (Å²) in [6, 6.07) is 0. The fourth-order valence-electron chi connectivity index (χ4n) is 0.575. The molecule has 0 N–H and O–H groups in total. The van der Waals surface area contributed by atoms with Crippen molar-refractivity contribution in [3.63, 3.8) is 0 Å². The van der Waals surface area contributed by atoms with Crippen LogP contribution >= 0.6 is 0 Å². The SMILES string of the molecule is CCC.Cn1cc[n+](C)c1. The maximum atomic E-state index is 2.12. The molecule has 0 aromatic carbocycles. The Bertz CT molecular complexity index is 151. The average Bonchev–Trinajstić information content (AvgIpc) is 2.17. The summed E-state index contributed by atoms with van der Waals surface area (Å²) in [4.78, 5) is 0. The first-order chi connectivity index (χ1) is 4.70. The van der Waals surface area contributed by atoms with Crippen molar-refractivity contribution in [3.05, 3.63) is 18.7 Å². The molecule has 0 amide bonds. The summed E-state index contributed by atoms with van der Waals surface area (Å²) in [6.07, 6.45) is 7.25. The largest absolute Gasteiger partial charge is 0.243 e.